The van der Waals surface area contributed by atoms with E-state index in [9.17, 15) is 5.11 Å². The van der Waals surface area contributed by atoms with Crippen LogP contribution in [0.2, 0.25) is 0 Å². The minimum absolute atomic E-state index is 0.270. The molecule has 1 aromatic heterocycles. The van der Waals surface area contributed by atoms with Gasteiger partial charge in [-0.1, -0.05) is 6.92 Å². The number of hydrogen-bond donors (Lipinski definition) is 2. The molecule has 0 aromatic carbocycles. The Morgan fingerprint density at radius 1 is 1.57 bits per heavy atom. The topological polar surface area (TPSA) is 63.0 Å². The highest BCUT2D eigenvalue weighted by Gasteiger charge is 2.03. The first-order valence-electron chi connectivity index (χ1n) is 5.03. The van der Waals surface area contributed by atoms with Crippen LogP contribution in [0.5, 0.6) is 0 Å². The van der Waals surface area contributed by atoms with Gasteiger partial charge in [0.25, 0.3) is 0 Å². The lowest BCUT2D eigenvalue weighted by molar-refractivity contribution is 0.166. The molecule has 2 N–H and O–H groups in total. The molecule has 0 saturated heterocycles. The van der Waals surface area contributed by atoms with Gasteiger partial charge in [-0.05, 0) is 13.3 Å². The van der Waals surface area contributed by atoms with Crippen LogP contribution in [0.1, 0.15) is 26.1 Å². The molecule has 1 atom stereocenters. The van der Waals surface area contributed by atoms with Crippen LogP contribution in [0.3, 0.4) is 0 Å². The SMILES string of the molecule is CCC(O)CNCc1nncn1CC. The second kappa shape index (κ2) is 5.72. The van der Waals surface area contributed by atoms with Crippen molar-refractivity contribution in [3.8, 4) is 0 Å². The maximum absolute atomic E-state index is 9.31. The molecule has 1 aromatic rings. The van der Waals surface area contributed by atoms with E-state index in [-0.39, 0.29) is 6.10 Å². The Labute approximate surface area is 84.2 Å². The molecule has 5 nitrogen and oxygen atoms in total. The van der Waals surface area contributed by atoms with Gasteiger partial charge in [0, 0.05) is 13.1 Å². The van der Waals surface area contributed by atoms with Gasteiger partial charge in [-0.2, -0.15) is 0 Å². The molecule has 80 valence electrons. The first kappa shape index (κ1) is 11.1. The normalized spacial score (nSPS) is 13.1. The lowest BCUT2D eigenvalue weighted by Crippen LogP contribution is -2.26. The second-order valence-electron chi connectivity index (χ2n) is 3.23. The van der Waals surface area contributed by atoms with Crippen molar-refractivity contribution in [2.45, 2.75) is 39.5 Å². The summed E-state index contributed by atoms with van der Waals surface area (Å²) < 4.78 is 1.98. The number of nitrogens with zero attached hydrogens (tertiary/aromatic N) is 3. The standard InChI is InChI=1S/C9H18N4O/c1-3-8(14)5-10-6-9-12-11-7-13(9)4-2/h7-8,10,14H,3-6H2,1-2H3. The van der Waals surface area contributed by atoms with E-state index in [2.05, 4.69) is 15.5 Å². The summed E-state index contributed by atoms with van der Waals surface area (Å²) in [7, 11) is 0. The zero-order valence-electron chi connectivity index (χ0n) is 8.77. The Morgan fingerprint density at radius 2 is 2.36 bits per heavy atom. The molecule has 0 radical (unpaired) electrons. The molecular weight excluding hydrogens is 180 g/mol. The maximum atomic E-state index is 9.31. The van der Waals surface area contributed by atoms with Crippen molar-refractivity contribution in [1.82, 2.24) is 20.1 Å². The third-order valence-corrected chi connectivity index (χ3v) is 2.17. The Bertz CT molecular complexity index is 261. The van der Waals surface area contributed by atoms with Gasteiger partial charge < -0.3 is 15.0 Å². The molecule has 14 heavy (non-hydrogen) atoms. The summed E-state index contributed by atoms with van der Waals surface area (Å²) in [5.74, 6) is 0.913. The Morgan fingerprint density at radius 3 is 3.00 bits per heavy atom. The zero-order chi connectivity index (χ0) is 10.4. The van der Waals surface area contributed by atoms with E-state index >= 15 is 0 Å². The van der Waals surface area contributed by atoms with Crippen molar-refractivity contribution in [1.29, 1.82) is 0 Å². The van der Waals surface area contributed by atoms with Crippen LogP contribution >= 0.6 is 0 Å². The lowest BCUT2D eigenvalue weighted by Gasteiger charge is -2.09. The zero-order valence-corrected chi connectivity index (χ0v) is 8.77. The predicted molar refractivity (Wildman–Crippen MR) is 53.7 cm³/mol. The molecule has 0 amide bonds. The highest BCUT2D eigenvalue weighted by atomic mass is 16.3. The van der Waals surface area contributed by atoms with Gasteiger partial charge in [0.05, 0.1) is 12.6 Å². The number of hydrogen-bond acceptors (Lipinski definition) is 4. The fourth-order valence-corrected chi connectivity index (χ4v) is 1.17. The number of aliphatic hydroxyl groups excluding tert-OH is 1. The van der Waals surface area contributed by atoms with Crippen LogP contribution in [-0.2, 0) is 13.1 Å². The minimum atomic E-state index is -0.270. The average molecular weight is 198 g/mol. The molecule has 5 heteroatoms. The molecule has 1 unspecified atom stereocenters. The largest absolute Gasteiger partial charge is 0.392 e. The van der Waals surface area contributed by atoms with Gasteiger partial charge in [0.15, 0.2) is 0 Å². The van der Waals surface area contributed by atoms with Crippen LogP contribution in [0.15, 0.2) is 6.33 Å². The predicted octanol–water partition coefficient (Wildman–Crippen LogP) is 0.158. The van der Waals surface area contributed by atoms with Crippen LogP contribution in [0.4, 0.5) is 0 Å². The Balaban J connectivity index is 2.31. The van der Waals surface area contributed by atoms with E-state index in [1.54, 1.807) is 6.33 Å². The average Bonchev–Trinajstić information content (AvgIpc) is 2.65. The van der Waals surface area contributed by atoms with Crippen molar-refractivity contribution in [2.24, 2.45) is 0 Å². The summed E-state index contributed by atoms with van der Waals surface area (Å²) in [4.78, 5) is 0. The highest BCUT2D eigenvalue weighted by molar-refractivity contribution is 4.84. The van der Waals surface area contributed by atoms with Gasteiger partial charge in [0.1, 0.15) is 12.2 Å². The molecule has 0 aliphatic heterocycles. The molecule has 1 rings (SSSR count). The van der Waals surface area contributed by atoms with Crippen molar-refractivity contribution >= 4 is 0 Å². The summed E-state index contributed by atoms with van der Waals surface area (Å²) >= 11 is 0. The molecule has 0 saturated carbocycles. The minimum Gasteiger partial charge on any atom is -0.392 e. The van der Waals surface area contributed by atoms with Crippen molar-refractivity contribution in [3.05, 3.63) is 12.2 Å². The van der Waals surface area contributed by atoms with E-state index in [1.807, 2.05) is 18.4 Å². The molecule has 0 bridgehead atoms. The number of aliphatic hydroxyl groups is 1. The van der Waals surface area contributed by atoms with Gasteiger partial charge in [-0.25, -0.2) is 0 Å². The Hall–Kier alpha value is -0.940. The van der Waals surface area contributed by atoms with Crippen molar-refractivity contribution < 1.29 is 5.11 Å². The molecule has 1 heterocycles. The van der Waals surface area contributed by atoms with Crippen LogP contribution < -0.4 is 5.32 Å². The first-order chi connectivity index (χ1) is 6.77. The van der Waals surface area contributed by atoms with Crippen molar-refractivity contribution in [3.63, 3.8) is 0 Å². The molecule has 0 aliphatic rings. The van der Waals surface area contributed by atoms with Crippen LogP contribution in [-0.4, -0.2) is 32.5 Å². The first-order valence-corrected chi connectivity index (χ1v) is 5.03. The monoisotopic (exact) mass is 198 g/mol. The summed E-state index contributed by atoms with van der Waals surface area (Å²) in [6.45, 7) is 6.15. The maximum Gasteiger partial charge on any atom is 0.146 e. The summed E-state index contributed by atoms with van der Waals surface area (Å²) in [5.41, 5.74) is 0. The van der Waals surface area contributed by atoms with Crippen LogP contribution in [0.25, 0.3) is 0 Å². The summed E-state index contributed by atoms with van der Waals surface area (Å²) in [6, 6.07) is 0. The van der Waals surface area contributed by atoms with E-state index in [4.69, 9.17) is 0 Å². The fraction of sp³-hybridized carbons (Fsp3) is 0.778. The third-order valence-electron chi connectivity index (χ3n) is 2.17. The van der Waals surface area contributed by atoms with E-state index in [0.29, 0.717) is 13.1 Å². The summed E-state index contributed by atoms with van der Waals surface area (Å²) in [5, 5.41) is 20.2. The van der Waals surface area contributed by atoms with Gasteiger partial charge >= 0.3 is 0 Å². The van der Waals surface area contributed by atoms with Gasteiger partial charge in [0.2, 0.25) is 0 Å². The van der Waals surface area contributed by atoms with Crippen molar-refractivity contribution in [2.75, 3.05) is 6.54 Å². The van der Waals surface area contributed by atoms with Gasteiger partial charge in [-0.3, -0.25) is 0 Å². The van der Waals surface area contributed by atoms with Gasteiger partial charge in [-0.15, -0.1) is 10.2 Å². The third kappa shape index (κ3) is 3.08. The molecule has 0 aliphatic carbocycles. The highest BCUT2D eigenvalue weighted by Crippen LogP contribution is 1.94. The second-order valence-corrected chi connectivity index (χ2v) is 3.23. The molecular formula is C9H18N4O. The lowest BCUT2D eigenvalue weighted by atomic mass is 10.3. The van der Waals surface area contributed by atoms with Crippen LogP contribution in [0, 0.1) is 0 Å². The van der Waals surface area contributed by atoms with E-state index < -0.39 is 0 Å². The summed E-state index contributed by atoms with van der Waals surface area (Å²) in [6.07, 6.45) is 2.22. The quantitative estimate of drug-likeness (QED) is 0.683. The van der Waals surface area contributed by atoms with E-state index in [1.165, 1.54) is 0 Å². The van der Waals surface area contributed by atoms with E-state index in [0.717, 1.165) is 18.8 Å². The number of aryl methyl sites for hydroxylation is 1. The smallest absolute Gasteiger partial charge is 0.146 e. The Kier molecular flexibility index (Phi) is 4.55. The molecule has 0 fully saturated rings. The fourth-order valence-electron chi connectivity index (χ4n) is 1.17. The number of nitrogens with one attached hydrogen (secondary N) is 1. The number of rotatable bonds is 6. The molecule has 0 spiro atoms. The number of aromatic nitrogens is 3.